The summed E-state index contributed by atoms with van der Waals surface area (Å²) in [4.78, 5) is 12.0. The largest absolute Gasteiger partial charge is 0.397 e. The van der Waals surface area contributed by atoms with Crippen molar-refractivity contribution in [2.45, 2.75) is 13.8 Å². The van der Waals surface area contributed by atoms with Gasteiger partial charge in [0.25, 0.3) is 5.91 Å². The Bertz CT molecular complexity index is 684. The highest BCUT2D eigenvalue weighted by Gasteiger charge is 2.12. The molecule has 1 amide bonds. The summed E-state index contributed by atoms with van der Waals surface area (Å²) in [5.41, 5.74) is 8.70. The molecule has 0 aliphatic carbocycles. The van der Waals surface area contributed by atoms with E-state index in [0.717, 1.165) is 23.3 Å². The molecular weight excluding hydrogens is 262 g/mol. The van der Waals surface area contributed by atoms with Crippen LogP contribution in [0.2, 0.25) is 0 Å². The van der Waals surface area contributed by atoms with Gasteiger partial charge < -0.3 is 11.1 Å². The Kier molecular flexibility index (Phi) is 3.70. The van der Waals surface area contributed by atoms with Crippen LogP contribution in [-0.2, 0) is 0 Å². The first-order valence-electron chi connectivity index (χ1n) is 6.01. The fraction of sp³-hybridized carbons (Fsp3) is 0.133. The van der Waals surface area contributed by atoms with Crippen LogP contribution in [0.5, 0.6) is 0 Å². The molecule has 0 saturated carbocycles. The van der Waals surface area contributed by atoms with Crippen molar-refractivity contribution in [1.82, 2.24) is 0 Å². The smallest absolute Gasteiger partial charge is 0.255 e. The lowest BCUT2D eigenvalue weighted by atomic mass is 10.1. The summed E-state index contributed by atoms with van der Waals surface area (Å²) < 4.78 is 25.9. The number of hydrogen-bond acceptors (Lipinski definition) is 2. The lowest BCUT2D eigenvalue weighted by Crippen LogP contribution is -2.14. The van der Waals surface area contributed by atoms with Crippen molar-refractivity contribution in [1.29, 1.82) is 0 Å². The molecule has 2 aromatic rings. The Morgan fingerprint density at radius 3 is 2.35 bits per heavy atom. The predicted molar refractivity (Wildman–Crippen MR) is 74.6 cm³/mol. The van der Waals surface area contributed by atoms with Gasteiger partial charge in [0.1, 0.15) is 0 Å². The first-order valence-corrected chi connectivity index (χ1v) is 6.01. The minimum absolute atomic E-state index is 0.0292. The Morgan fingerprint density at radius 1 is 1.05 bits per heavy atom. The number of nitrogens with one attached hydrogen (secondary N) is 1. The number of carbonyl (C=O) groups excluding carboxylic acids is 1. The number of aryl methyl sites for hydroxylation is 2. The molecule has 0 atom stereocenters. The topological polar surface area (TPSA) is 55.1 Å². The lowest BCUT2D eigenvalue weighted by Gasteiger charge is -2.11. The Hall–Kier alpha value is -2.43. The zero-order valence-electron chi connectivity index (χ0n) is 11.1. The van der Waals surface area contributed by atoms with Crippen molar-refractivity contribution in [3.8, 4) is 0 Å². The van der Waals surface area contributed by atoms with E-state index in [2.05, 4.69) is 5.32 Å². The minimum atomic E-state index is -1.06. The van der Waals surface area contributed by atoms with Crippen molar-refractivity contribution in [3.63, 3.8) is 0 Å². The van der Waals surface area contributed by atoms with Gasteiger partial charge in [-0.05, 0) is 55.3 Å². The number of amides is 1. The van der Waals surface area contributed by atoms with Crippen LogP contribution in [0.4, 0.5) is 20.2 Å². The summed E-state index contributed by atoms with van der Waals surface area (Å²) in [6.07, 6.45) is 0. The van der Waals surface area contributed by atoms with Crippen LogP contribution >= 0.6 is 0 Å². The Morgan fingerprint density at radius 2 is 1.70 bits per heavy atom. The molecule has 2 aromatic carbocycles. The maximum absolute atomic E-state index is 13.1. The molecule has 20 heavy (non-hydrogen) atoms. The molecule has 3 nitrogen and oxygen atoms in total. The molecule has 3 N–H and O–H groups in total. The third-order valence-corrected chi connectivity index (χ3v) is 3.10. The summed E-state index contributed by atoms with van der Waals surface area (Å²) in [6.45, 7) is 3.80. The van der Waals surface area contributed by atoms with E-state index in [1.807, 2.05) is 13.8 Å². The number of halogens is 2. The van der Waals surface area contributed by atoms with Gasteiger partial charge in [0.2, 0.25) is 0 Å². The quantitative estimate of drug-likeness (QED) is 0.826. The molecule has 0 bridgehead atoms. The van der Waals surface area contributed by atoms with E-state index in [4.69, 9.17) is 5.73 Å². The number of anilines is 2. The van der Waals surface area contributed by atoms with Gasteiger partial charge in [-0.3, -0.25) is 4.79 Å². The zero-order chi connectivity index (χ0) is 14.9. The van der Waals surface area contributed by atoms with Crippen LogP contribution in [0, 0.1) is 25.5 Å². The van der Waals surface area contributed by atoms with E-state index in [-0.39, 0.29) is 5.56 Å². The molecule has 0 aliphatic heterocycles. The molecule has 0 radical (unpaired) electrons. The van der Waals surface area contributed by atoms with E-state index in [9.17, 15) is 13.6 Å². The normalized spacial score (nSPS) is 10.4. The van der Waals surface area contributed by atoms with E-state index in [1.54, 1.807) is 12.1 Å². The van der Waals surface area contributed by atoms with E-state index >= 15 is 0 Å². The Labute approximate surface area is 115 Å². The monoisotopic (exact) mass is 276 g/mol. The SMILES string of the molecule is Cc1cc(N)c(NC(=O)c2ccc(F)c(F)c2)cc1C. The van der Waals surface area contributed by atoms with Crippen LogP contribution in [0.25, 0.3) is 0 Å². The standard InChI is InChI=1S/C15H14F2N2O/c1-8-5-13(18)14(6-9(8)2)19-15(20)10-3-4-11(16)12(17)7-10/h3-7H,18H2,1-2H3,(H,19,20). The number of rotatable bonds is 2. The summed E-state index contributed by atoms with van der Waals surface area (Å²) in [5, 5.41) is 2.59. The molecule has 2 rings (SSSR count). The third kappa shape index (κ3) is 2.77. The van der Waals surface area contributed by atoms with Crippen LogP contribution in [0.3, 0.4) is 0 Å². The van der Waals surface area contributed by atoms with Gasteiger partial charge in [0.15, 0.2) is 11.6 Å². The molecule has 104 valence electrons. The summed E-state index contributed by atoms with van der Waals surface area (Å²) in [6, 6.07) is 6.46. The second-order valence-corrected chi connectivity index (χ2v) is 4.61. The number of nitrogens with two attached hydrogens (primary N) is 1. The average Bonchev–Trinajstić information content (AvgIpc) is 2.39. The molecule has 5 heteroatoms. The second-order valence-electron chi connectivity index (χ2n) is 4.61. The predicted octanol–water partition coefficient (Wildman–Crippen LogP) is 3.42. The highest BCUT2D eigenvalue weighted by molar-refractivity contribution is 6.05. The van der Waals surface area contributed by atoms with E-state index in [0.29, 0.717) is 11.4 Å². The van der Waals surface area contributed by atoms with Gasteiger partial charge in [-0.2, -0.15) is 0 Å². The molecule has 0 aromatic heterocycles. The van der Waals surface area contributed by atoms with Crippen LogP contribution < -0.4 is 11.1 Å². The zero-order valence-corrected chi connectivity index (χ0v) is 11.1. The van der Waals surface area contributed by atoms with Gasteiger partial charge in [-0.1, -0.05) is 0 Å². The highest BCUT2D eigenvalue weighted by Crippen LogP contribution is 2.23. The molecule has 0 aliphatic rings. The number of carbonyl (C=O) groups is 1. The first-order chi connectivity index (χ1) is 9.38. The molecule has 0 unspecified atom stereocenters. The van der Waals surface area contributed by atoms with Gasteiger partial charge in [-0.25, -0.2) is 8.78 Å². The second kappa shape index (κ2) is 5.28. The van der Waals surface area contributed by atoms with Crippen molar-refractivity contribution < 1.29 is 13.6 Å². The van der Waals surface area contributed by atoms with Gasteiger partial charge in [0, 0.05) is 5.56 Å². The number of benzene rings is 2. The molecule has 0 spiro atoms. The van der Waals surface area contributed by atoms with Crippen LogP contribution in [-0.4, -0.2) is 5.91 Å². The lowest BCUT2D eigenvalue weighted by molar-refractivity contribution is 0.102. The van der Waals surface area contributed by atoms with Crippen molar-refractivity contribution in [2.75, 3.05) is 11.1 Å². The van der Waals surface area contributed by atoms with E-state index < -0.39 is 17.5 Å². The van der Waals surface area contributed by atoms with Gasteiger partial charge in [0.05, 0.1) is 11.4 Å². The molecule has 0 saturated heterocycles. The van der Waals surface area contributed by atoms with Crippen LogP contribution in [0.1, 0.15) is 21.5 Å². The fourth-order valence-corrected chi connectivity index (χ4v) is 1.78. The highest BCUT2D eigenvalue weighted by atomic mass is 19.2. The van der Waals surface area contributed by atoms with Gasteiger partial charge in [-0.15, -0.1) is 0 Å². The molecule has 0 heterocycles. The summed E-state index contributed by atoms with van der Waals surface area (Å²) in [7, 11) is 0. The van der Waals surface area contributed by atoms with Gasteiger partial charge >= 0.3 is 0 Å². The maximum atomic E-state index is 13.1. The summed E-state index contributed by atoms with van der Waals surface area (Å²) >= 11 is 0. The van der Waals surface area contributed by atoms with Crippen molar-refractivity contribution in [3.05, 3.63) is 58.7 Å². The fourth-order valence-electron chi connectivity index (χ4n) is 1.78. The first kappa shape index (κ1) is 14.0. The maximum Gasteiger partial charge on any atom is 0.255 e. The number of hydrogen-bond donors (Lipinski definition) is 2. The van der Waals surface area contributed by atoms with Crippen molar-refractivity contribution in [2.24, 2.45) is 0 Å². The molecule has 0 fully saturated rings. The average molecular weight is 276 g/mol. The third-order valence-electron chi connectivity index (χ3n) is 3.10. The van der Waals surface area contributed by atoms with Crippen LogP contribution in [0.15, 0.2) is 30.3 Å². The molecular formula is C15H14F2N2O. The number of nitrogen functional groups attached to an aromatic ring is 1. The van der Waals surface area contributed by atoms with E-state index in [1.165, 1.54) is 6.07 Å². The minimum Gasteiger partial charge on any atom is -0.397 e. The summed E-state index contributed by atoms with van der Waals surface area (Å²) in [5.74, 6) is -2.60. The Balaban J connectivity index is 2.27. The van der Waals surface area contributed by atoms with Crippen molar-refractivity contribution >= 4 is 17.3 Å².